The SMILES string of the molecule is C=CCN1C(=O)C(C)(C)COc2cc(NC(=O)COc3ccc(C(C)(C)C)cc3)ccc21. The monoisotopic (exact) mass is 436 g/mol. The number of carbonyl (C=O) groups excluding carboxylic acids is 2. The van der Waals surface area contributed by atoms with Crippen molar-refractivity contribution in [2.24, 2.45) is 5.41 Å². The van der Waals surface area contributed by atoms with Gasteiger partial charge < -0.3 is 19.7 Å². The molecule has 1 heterocycles. The van der Waals surface area contributed by atoms with Crippen molar-refractivity contribution >= 4 is 23.2 Å². The summed E-state index contributed by atoms with van der Waals surface area (Å²) < 4.78 is 11.5. The van der Waals surface area contributed by atoms with Gasteiger partial charge in [-0.3, -0.25) is 9.59 Å². The maximum Gasteiger partial charge on any atom is 0.262 e. The number of carbonyl (C=O) groups is 2. The van der Waals surface area contributed by atoms with Crippen LogP contribution in [0, 0.1) is 5.41 Å². The molecule has 0 saturated heterocycles. The Kier molecular flexibility index (Phi) is 6.63. The van der Waals surface area contributed by atoms with Gasteiger partial charge in [-0.05, 0) is 49.1 Å². The van der Waals surface area contributed by atoms with E-state index in [1.807, 2.05) is 38.1 Å². The van der Waals surface area contributed by atoms with Crippen molar-refractivity contribution in [1.29, 1.82) is 0 Å². The zero-order chi connectivity index (χ0) is 23.5. The molecule has 2 aromatic carbocycles. The van der Waals surface area contributed by atoms with E-state index in [2.05, 4.69) is 32.7 Å². The van der Waals surface area contributed by atoms with Crippen molar-refractivity contribution in [1.82, 2.24) is 0 Å². The molecule has 0 spiro atoms. The first kappa shape index (κ1) is 23.4. The second-order valence-corrected chi connectivity index (χ2v) is 9.67. The van der Waals surface area contributed by atoms with Gasteiger partial charge in [-0.1, -0.05) is 39.0 Å². The van der Waals surface area contributed by atoms with Crippen LogP contribution in [0.4, 0.5) is 11.4 Å². The number of rotatable bonds is 6. The molecule has 0 fully saturated rings. The number of fused-ring (bicyclic) bond motifs is 1. The van der Waals surface area contributed by atoms with Gasteiger partial charge in [0.25, 0.3) is 5.91 Å². The molecule has 170 valence electrons. The normalized spacial score (nSPS) is 15.3. The molecular formula is C26H32N2O4. The van der Waals surface area contributed by atoms with Crippen LogP contribution in [0.5, 0.6) is 11.5 Å². The molecule has 2 aromatic rings. The highest BCUT2D eigenvalue weighted by atomic mass is 16.5. The van der Waals surface area contributed by atoms with Gasteiger partial charge in [0.1, 0.15) is 18.1 Å². The lowest BCUT2D eigenvalue weighted by Gasteiger charge is -2.27. The van der Waals surface area contributed by atoms with E-state index >= 15 is 0 Å². The minimum absolute atomic E-state index is 0.0289. The summed E-state index contributed by atoms with van der Waals surface area (Å²) in [6, 6.07) is 13.0. The van der Waals surface area contributed by atoms with Crippen LogP contribution in [0.3, 0.4) is 0 Å². The van der Waals surface area contributed by atoms with E-state index in [0.29, 0.717) is 29.4 Å². The lowest BCUT2D eigenvalue weighted by molar-refractivity contribution is -0.127. The van der Waals surface area contributed by atoms with Gasteiger partial charge in [-0.2, -0.15) is 0 Å². The quantitative estimate of drug-likeness (QED) is 0.652. The fourth-order valence-electron chi connectivity index (χ4n) is 3.43. The highest BCUT2D eigenvalue weighted by Gasteiger charge is 2.37. The van der Waals surface area contributed by atoms with E-state index in [-0.39, 0.29) is 30.4 Å². The molecule has 0 aliphatic carbocycles. The fraction of sp³-hybridized carbons (Fsp3) is 0.385. The van der Waals surface area contributed by atoms with Crippen LogP contribution < -0.4 is 19.7 Å². The third kappa shape index (κ3) is 5.31. The Bertz CT molecular complexity index is 1000. The summed E-state index contributed by atoms with van der Waals surface area (Å²) >= 11 is 0. The molecule has 1 N–H and O–H groups in total. The molecule has 0 atom stereocenters. The summed E-state index contributed by atoms with van der Waals surface area (Å²) in [5.41, 5.74) is 1.83. The summed E-state index contributed by atoms with van der Waals surface area (Å²) in [5.74, 6) is 0.873. The van der Waals surface area contributed by atoms with Crippen LogP contribution in [0.15, 0.2) is 55.1 Å². The summed E-state index contributed by atoms with van der Waals surface area (Å²) in [4.78, 5) is 27.0. The van der Waals surface area contributed by atoms with Gasteiger partial charge in [0.15, 0.2) is 6.61 Å². The maximum absolute atomic E-state index is 12.9. The summed E-state index contributed by atoms with van der Waals surface area (Å²) in [6.07, 6.45) is 1.68. The van der Waals surface area contributed by atoms with E-state index < -0.39 is 5.41 Å². The zero-order valence-electron chi connectivity index (χ0n) is 19.5. The molecule has 0 bridgehead atoms. The van der Waals surface area contributed by atoms with Crippen LogP contribution in [-0.2, 0) is 15.0 Å². The molecule has 0 saturated carbocycles. The summed E-state index contributed by atoms with van der Waals surface area (Å²) in [7, 11) is 0. The van der Waals surface area contributed by atoms with Crippen molar-refractivity contribution in [3.05, 3.63) is 60.7 Å². The minimum atomic E-state index is -0.665. The van der Waals surface area contributed by atoms with Gasteiger partial charge >= 0.3 is 0 Å². The van der Waals surface area contributed by atoms with Gasteiger partial charge in [0.2, 0.25) is 5.91 Å². The van der Waals surface area contributed by atoms with Crippen molar-refractivity contribution in [2.75, 3.05) is 30.0 Å². The fourth-order valence-corrected chi connectivity index (χ4v) is 3.43. The van der Waals surface area contributed by atoms with Crippen molar-refractivity contribution in [2.45, 2.75) is 40.0 Å². The Hall–Kier alpha value is -3.28. The first-order valence-electron chi connectivity index (χ1n) is 10.7. The highest BCUT2D eigenvalue weighted by Crippen LogP contribution is 2.38. The Morgan fingerprint density at radius 3 is 2.53 bits per heavy atom. The van der Waals surface area contributed by atoms with Gasteiger partial charge in [-0.25, -0.2) is 0 Å². The highest BCUT2D eigenvalue weighted by molar-refractivity contribution is 6.00. The second-order valence-electron chi connectivity index (χ2n) is 9.67. The first-order valence-corrected chi connectivity index (χ1v) is 10.7. The third-order valence-electron chi connectivity index (χ3n) is 5.35. The molecule has 0 aromatic heterocycles. The Morgan fingerprint density at radius 2 is 1.91 bits per heavy atom. The summed E-state index contributed by atoms with van der Waals surface area (Å²) in [6.45, 7) is 14.4. The first-order chi connectivity index (χ1) is 15.0. The number of amides is 2. The third-order valence-corrected chi connectivity index (χ3v) is 5.35. The van der Waals surface area contributed by atoms with Crippen molar-refractivity contribution in [3.63, 3.8) is 0 Å². The van der Waals surface area contributed by atoms with Gasteiger partial charge in [0, 0.05) is 18.3 Å². The number of ether oxygens (including phenoxy) is 2. The van der Waals surface area contributed by atoms with Crippen LogP contribution in [-0.4, -0.2) is 31.6 Å². The van der Waals surface area contributed by atoms with Crippen molar-refractivity contribution in [3.8, 4) is 11.5 Å². The Morgan fingerprint density at radius 1 is 1.22 bits per heavy atom. The van der Waals surface area contributed by atoms with Crippen LogP contribution >= 0.6 is 0 Å². The number of anilines is 2. The molecule has 6 heteroatoms. The lowest BCUT2D eigenvalue weighted by Crippen LogP contribution is -2.42. The Balaban J connectivity index is 1.67. The molecular weight excluding hydrogens is 404 g/mol. The average Bonchev–Trinajstić information content (AvgIpc) is 2.82. The molecule has 2 amide bonds. The molecule has 0 unspecified atom stereocenters. The minimum Gasteiger partial charge on any atom is -0.490 e. The number of hydrogen-bond donors (Lipinski definition) is 1. The topological polar surface area (TPSA) is 67.9 Å². The largest absolute Gasteiger partial charge is 0.490 e. The predicted molar refractivity (Wildman–Crippen MR) is 128 cm³/mol. The molecule has 1 aliphatic rings. The van der Waals surface area contributed by atoms with E-state index in [1.54, 1.807) is 29.2 Å². The molecule has 6 nitrogen and oxygen atoms in total. The number of nitrogens with zero attached hydrogens (tertiary/aromatic N) is 1. The smallest absolute Gasteiger partial charge is 0.262 e. The zero-order valence-corrected chi connectivity index (χ0v) is 19.5. The van der Waals surface area contributed by atoms with Crippen LogP contribution in [0.2, 0.25) is 0 Å². The van der Waals surface area contributed by atoms with Crippen LogP contribution in [0.25, 0.3) is 0 Å². The summed E-state index contributed by atoms with van der Waals surface area (Å²) in [5, 5.41) is 2.83. The second kappa shape index (κ2) is 9.07. The standard InChI is InChI=1S/C26H32N2O4/c1-7-14-28-21-13-10-19(15-22(21)32-17-26(5,6)24(28)30)27-23(29)16-31-20-11-8-18(9-12-20)25(2,3)4/h7-13,15H,1,14,16-17H2,2-6H3,(H,27,29). The van der Waals surface area contributed by atoms with Gasteiger partial charge in [-0.15, -0.1) is 6.58 Å². The molecule has 3 rings (SSSR count). The molecule has 0 radical (unpaired) electrons. The van der Waals surface area contributed by atoms with Gasteiger partial charge in [0.05, 0.1) is 11.1 Å². The number of nitrogens with one attached hydrogen (secondary N) is 1. The average molecular weight is 437 g/mol. The number of hydrogen-bond acceptors (Lipinski definition) is 4. The molecule has 32 heavy (non-hydrogen) atoms. The number of benzene rings is 2. The Labute approximate surface area is 190 Å². The van der Waals surface area contributed by atoms with E-state index in [0.717, 1.165) is 0 Å². The maximum atomic E-state index is 12.9. The van der Waals surface area contributed by atoms with Crippen LogP contribution in [0.1, 0.15) is 40.2 Å². The van der Waals surface area contributed by atoms with Crippen molar-refractivity contribution < 1.29 is 19.1 Å². The van der Waals surface area contributed by atoms with E-state index in [1.165, 1.54) is 5.56 Å². The van der Waals surface area contributed by atoms with E-state index in [9.17, 15) is 9.59 Å². The predicted octanol–water partition coefficient (Wildman–Crippen LogP) is 4.94. The van der Waals surface area contributed by atoms with E-state index in [4.69, 9.17) is 9.47 Å². The lowest BCUT2D eigenvalue weighted by atomic mass is 9.87. The molecule has 1 aliphatic heterocycles.